The zero-order valence-electron chi connectivity index (χ0n) is 19.6. The number of aromatic nitrogens is 4. The van der Waals surface area contributed by atoms with Gasteiger partial charge in [-0.3, -0.25) is 13.9 Å². The van der Waals surface area contributed by atoms with Crippen LogP contribution in [0, 0.1) is 0 Å². The topological polar surface area (TPSA) is 125 Å². The number of imidazole rings is 1. The molecule has 4 aromatic rings. The van der Waals surface area contributed by atoms with Gasteiger partial charge in [0.15, 0.2) is 11.2 Å². The maximum atomic E-state index is 12.9. The van der Waals surface area contributed by atoms with Crippen LogP contribution in [-0.2, 0) is 20.6 Å². The second kappa shape index (κ2) is 10.3. The molecule has 0 unspecified atom stereocenters. The number of anilines is 1. The van der Waals surface area contributed by atoms with Crippen LogP contribution in [0.25, 0.3) is 11.2 Å². The maximum absolute atomic E-state index is 12.9. The Kier molecular flexibility index (Phi) is 6.97. The van der Waals surface area contributed by atoms with E-state index in [-0.39, 0.29) is 30.3 Å². The van der Waals surface area contributed by atoms with Crippen molar-refractivity contribution in [3.8, 4) is 11.5 Å². The van der Waals surface area contributed by atoms with E-state index in [4.69, 9.17) is 9.47 Å². The zero-order chi connectivity index (χ0) is 24.9. The summed E-state index contributed by atoms with van der Waals surface area (Å²) >= 11 is 0. The van der Waals surface area contributed by atoms with Crippen LogP contribution in [0.4, 0.5) is 5.95 Å². The molecule has 1 atom stereocenters. The van der Waals surface area contributed by atoms with Crippen LogP contribution >= 0.6 is 0 Å². The molecular weight excluding hydrogens is 452 g/mol. The molecule has 0 fully saturated rings. The molecule has 0 saturated heterocycles. The molecule has 2 aromatic carbocycles. The van der Waals surface area contributed by atoms with E-state index < -0.39 is 17.4 Å². The molecule has 0 spiro atoms. The van der Waals surface area contributed by atoms with Gasteiger partial charge in [0.25, 0.3) is 5.56 Å². The van der Waals surface area contributed by atoms with E-state index in [0.29, 0.717) is 11.5 Å². The first kappa shape index (κ1) is 23.8. The molecule has 0 bridgehead atoms. The molecule has 0 aliphatic carbocycles. The Bertz CT molecular complexity index is 1450. The number of aliphatic hydroxyl groups excluding tert-OH is 1. The molecule has 0 amide bonds. The van der Waals surface area contributed by atoms with Gasteiger partial charge in [-0.25, -0.2) is 10.2 Å². The summed E-state index contributed by atoms with van der Waals surface area (Å²) in [6.07, 6.45) is 0.611. The molecule has 11 nitrogen and oxygen atoms in total. The molecule has 0 saturated carbocycles. The Balaban J connectivity index is 1.62. The fourth-order valence-electron chi connectivity index (χ4n) is 3.54. The normalized spacial score (nSPS) is 12.2. The van der Waals surface area contributed by atoms with Crippen LogP contribution in [-0.4, -0.2) is 49.8 Å². The van der Waals surface area contributed by atoms with E-state index in [1.807, 2.05) is 30.3 Å². The first-order chi connectivity index (χ1) is 16.9. The highest BCUT2D eigenvalue weighted by molar-refractivity contribution is 5.80. The molecule has 0 aliphatic rings. The number of benzene rings is 2. The lowest BCUT2D eigenvalue weighted by Gasteiger charge is -2.15. The second-order valence-electron chi connectivity index (χ2n) is 7.85. The summed E-state index contributed by atoms with van der Waals surface area (Å²) in [7, 11) is 4.50. The number of ether oxygens (including phenoxy) is 2. The number of nitrogens with one attached hydrogen (secondary N) is 1. The molecule has 2 aromatic heterocycles. The quantitative estimate of drug-likeness (QED) is 0.275. The summed E-state index contributed by atoms with van der Waals surface area (Å²) in [4.78, 5) is 29.8. The predicted molar refractivity (Wildman–Crippen MR) is 132 cm³/mol. The van der Waals surface area contributed by atoms with Crippen molar-refractivity contribution >= 4 is 23.3 Å². The van der Waals surface area contributed by atoms with Crippen molar-refractivity contribution in [1.82, 2.24) is 18.7 Å². The van der Waals surface area contributed by atoms with Crippen molar-refractivity contribution in [3.63, 3.8) is 0 Å². The minimum atomic E-state index is -0.991. The van der Waals surface area contributed by atoms with Crippen molar-refractivity contribution in [2.24, 2.45) is 19.2 Å². The smallest absolute Gasteiger partial charge is 0.332 e. The summed E-state index contributed by atoms with van der Waals surface area (Å²) in [5, 5.41) is 14.9. The van der Waals surface area contributed by atoms with E-state index in [1.54, 1.807) is 37.6 Å². The van der Waals surface area contributed by atoms with Crippen LogP contribution < -0.4 is 26.1 Å². The van der Waals surface area contributed by atoms with Crippen LogP contribution in [0.15, 0.2) is 69.3 Å². The number of rotatable bonds is 9. The predicted octanol–water partition coefficient (Wildman–Crippen LogP) is 1.33. The summed E-state index contributed by atoms with van der Waals surface area (Å²) in [6.45, 7) is -0.0614. The van der Waals surface area contributed by atoms with Gasteiger partial charge >= 0.3 is 5.69 Å². The van der Waals surface area contributed by atoms with Gasteiger partial charge < -0.3 is 19.1 Å². The number of hydrogen-bond donors (Lipinski definition) is 2. The SMILES string of the molecule is COc1ccc(OC[C@@H](O)Cn2c(N/N=C/c3ccccc3)nc3c2c(=O)n(C)c(=O)n3C)cc1. The fourth-order valence-corrected chi connectivity index (χ4v) is 3.54. The third kappa shape index (κ3) is 5.09. The highest BCUT2D eigenvalue weighted by atomic mass is 16.5. The molecule has 0 radical (unpaired) electrons. The van der Waals surface area contributed by atoms with Crippen LogP contribution in [0.2, 0.25) is 0 Å². The van der Waals surface area contributed by atoms with E-state index >= 15 is 0 Å². The first-order valence-electron chi connectivity index (χ1n) is 10.8. The fraction of sp³-hybridized carbons (Fsp3) is 0.250. The minimum absolute atomic E-state index is 0.0245. The molecule has 0 aliphatic heterocycles. The zero-order valence-corrected chi connectivity index (χ0v) is 19.6. The Labute approximate surface area is 200 Å². The number of fused-ring (bicyclic) bond motifs is 1. The monoisotopic (exact) mass is 478 g/mol. The minimum Gasteiger partial charge on any atom is -0.497 e. The van der Waals surface area contributed by atoms with Gasteiger partial charge in [-0.1, -0.05) is 30.3 Å². The van der Waals surface area contributed by atoms with Crippen molar-refractivity contribution in [3.05, 3.63) is 81.0 Å². The van der Waals surface area contributed by atoms with Crippen molar-refractivity contribution < 1.29 is 14.6 Å². The van der Waals surface area contributed by atoms with Gasteiger partial charge in [0.05, 0.1) is 19.9 Å². The molecule has 11 heteroatoms. The van der Waals surface area contributed by atoms with Gasteiger partial charge in [-0.05, 0) is 29.8 Å². The van der Waals surface area contributed by atoms with Crippen molar-refractivity contribution in [1.29, 1.82) is 0 Å². The summed E-state index contributed by atoms with van der Waals surface area (Å²) in [5.41, 5.74) is 3.00. The van der Waals surface area contributed by atoms with Crippen LogP contribution in [0.5, 0.6) is 11.5 Å². The molecule has 2 heterocycles. The Morgan fingerprint density at radius 2 is 1.74 bits per heavy atom. The lowest BCUT2D eigenvalue weighted by atomic mass is 10.2. The van der Waals surface area contributed by atoms with Gasteiger partial charge in [0.2, 0.25) is 5.95 Å². The van der Waals surface area contributed by atoms with Crippen LogP contribution in [0.1, 0.15) is 5.56 Å². The summed E-state index contributed by atoms with van der Waals surface area (Å²) < 4.78 is 14.6. The lowest BCUT2D eigenvalue weighted by molar-refractivity contribution is 0.0938. The highest BCUT2D eigenvalue weighted by Gasteiger charge is 2.21. The van der Waals surface area contributed by atoms with E-state index in [9.17, 15) is 14.7 Å². The lowest BCUT2D eigenvalue weighted by Crippen LogP contribution is -2.38. The number of hydrazone groups is 1. The van der Waals surface area contributed by atoms with Crippen molar-refractivity contribution in [2.75, 3.05) is 19.1 Å². The maximum Gasteiger partial charge on any atom is 0.332 e. The van der Waals surface area contributed by atoms with Crippen LogP contribution in [0.3, 0.4) is 0 Å². The average molecular weight is 479 g/mol. The Morgan fingerprint density at radius 3 is 2.43 bits per heavy atom. The summed E-state index contributed by atoms with van der Waals surface area (Å²) in [5.74, 6) is 1.45. The average Bonchev–Trinajstić information content (AvgIpc) is 3.24. The second-order valence-corrected chi connectivity index (χ2v) is 7.85. The molecular formula is C24H26N6O5. The standard InChI is InChI=1S/C24H26N6O5/c1-28-21-20(22(32)29(2)24(28)33)30(23(26-21)27-25-13-16-7-5-4-6-8-16)14-17(31)15-35-19-11-9-18(34-3)10-12-19/h4-13,17,31H,14-15H2,1-3H3,(H,26,27)/b25-13+/t17-/m0/s1. The summed E-state index contributed by atoms with van der Waals surface area (Å²) in [6, 6.07) is 16.4. The Morgan fingerprint density at radius 1 is 1.06 bits per heavy atom. The van der Waals surface area contributed by atoms with E-state index in [0.717, 1.165) is 10.1 Å². The molecule has 2 N–H and O–H groups in total. The third-order valence-corrected chi connectivity index (χ3v) is 5.42. The third-order valence-electron chi connectivity index (χ3n) is 5.42. The Hall–Kier alpha value is -4.38. The number of aryl methyl sites for hydroxylation is 1. The first-order valence-corrected chi connectivity index (χ1v) is 10.8. The van der Waals surface area contributed by atoms with Gasteiger partial charge in [-0.15, -0.1) is 0 Å². The largest absolute Gasteiger partial charge is 0.497 e. The number of nitrogens with zero attached hydrogens (tertiary/aromatic N) is 5. The molecule has 182 valence electrons. The number of hydrogen-bond acceptors (Lipinski definition) is 8. The molecule has 4 rings (SSSR count). The van der Waals surface area contributed by atoms with Gasteiger partial charge in [0.1, 0.15) is 24.2 Å². The van der Waals surface area contributed by atoms with Gasteiger partial charge in [-0.2, -0.15) is 10.1 Å². The molecule has 35 heavy (non-hydrogen) atoms. The number of methoxy groups -OCH3 is 1. The van der Waals surface area contributed by atoms with E-state index in [2.05, 4.69) is 15.5 Å². The van der Waals surface area contributed by atoms with E-state index in [1.165, 1.54) is 23.2 Å². The highest BCUT2D eigenvalue weighted by Crippen LogP contribution is 2.19. The number of aliphatic hydroxyl groups is 1. The van der Waals surface area contributed by atoms with Crippen molar-refractivity contribution in [2.45, 2.75) is 12.6 Å². The van der Waals surface area contributed by atoms with Gasteiger partial charge in [0, 0.05) is 14.1 Å².